The molecule has 0 spiro atoms. The summed E-state index contributed by atoms with van der Waals surface area (Å²) < 4.78 is 0. The minimum absolute atomic E-state index is 0.142. The van der Waals surface area contributed by atoms with Crippen molar-refractivity contribution in [3.63, 3.8) is 0 Å². The van der Waals surface area contributed by atoms with E-state index >= 15 is 0 Å². The summed E-state index contributed by atoms with van der Waals surface area (Å²) in [6.45, 7) is 0.686. The number of benzene rings is 1. The van der Waals surface area contributed by atoms with Gasteiger partial charge < -0.3 is 4.90 Å². The Kier molecular flexibility index (Phi) is 2.14. The van der Waals surface area contributed by atoms with E-state index < -0.39 is 0 Å². The summed E-state index contributed by atoms with van der Waals surface area (Å²) in [6, 6.07) is 5.85. The topological polar surface area (TPSA) is 49.0 Å². The average molecular weight is 233 g/mol. The highest BCUT2D eigenvalue weighted by Crippen LogP contribution is 2.26. The van der Waals surface area contributed by atoms with Gasteiger partial charge in [0.1, 0.15) is 0 Å². The first-order chi connectivity index (χ1) is 7.74. The Morgan fingerprint density at radius 3 is 3.12 bits per heavy atom. The van der Waals surface area contributed by atoms with E-state index in [9.17, 15) is 4.79 Å². The molecule has 1 aromatic heterocycles. The van der Waals surface area contributed by atoms with E-state index in [0.29, 0.717) is 13.0 Å². The number of rotatable bonds is 1. The maximum absolute atomic E-state index is 11.7. The number of carbonyl (C=O) groups is 1. The van der Waals surface area contributed by atoms with Crippen LogP contribution in [0.2, 0.25) is 0 Å². The van der Waals surface area contributed by atoms with Crippen LogP contribution in [0.5, 0.6) is 0 Å². The van der Waals surface area contributed by atoms with E-state index in [2.05, 4.69) is 22.8 Å². The summed E-state index contributed by atoms with van der Waals surface area (Å²) in [4.78, 5) is 13.5. The maximum Gasteiger partial charge on any atom is 0.228 e. The van der Waals surface area contributed by atoms with Gasteiger partial charge in [-0.2, -0.15) is 17.7 Å². The fourth-order valence-electron chi connectivity index (χ4n) is 2.04. The minimum atomic E-state index is 0.142. The highest BCUT2D eigenvalue weighted by Gasteiger charge is 2.28. The number of aromatic amines is 1. The van der Waals surface area contributed by atoms with Crippen LogP contribution in [0, 0.1) is 0 Å². The minimum Gasteiger partial charge on any atom is -0.311 e. The van der Waals surface area contributed by atoms with Crippen LogP contribution in [0.25, 0.3) is 10.9 Å². The van der Waals surface area contributed by atoms with Gasteiger partial charge in [-0.05, 0) is 18.2 Å². The SMILES string of the molecule is O=C1CC(S)CN1c1ccc2[nH]ncc2c1. The van der Waals surface area contributed by atoms with Crippen molar-refractivity contribution in [3.8, 4) is 0 Å². The number of anilines is 1. The summed E-state index contributed by atoms with van der Waals surface area (Å²) in [5, 5.41) is 8.02. The Bertz CT molecular complexity index is 551. The van der Waals surface area contributed by atoms with E-state index in [4.69, 9.17) is 0 Å². The third kappa shape index (κ3) is 1.48. The lowest BCUT2D eigenvalue weighted by Gasteiger charge is -2.15. The molecule has 0 radical (unpaired) electrons. The molecule has 1 aliphatic heterocycles. The first kappa shape index (κ1) is 9.72. The second kappa shape index (κ2) is 3.52. The van der Waals surface area contributed by atoms with Crippen LogP contribution in [0.15, 0.2) is 24.4 Å². The van der Waals surface area contributed by atoms with Crippen molar-refractivity contribution >= 4 is 35.1 Å². The molecule has 3 rings (SSSR count). The number of hydrogen-bond acceptors (Lipinski definition) is 3. The van der Waals surface area contributed by atoms with E-state index in [0.717, 1.165) is 16.6 Å². The zero-order chi connectivity index (χ0) is 11.1. The molecule has 0 bridgehead atoms. The standard InChI is InChI=1S/C11H11N3OS/c15-11-4-9(16)6-14(11)8-1-2-10-7(3-8)5-12-13-10/h1-3,5,9,16H,4,6H2,(H,12,13). The van der Waals surface area contributed by atoms with Gasteiger partial charge in [0.25, 0.3) is 0 Å². The molecular weight excluding hydrogens is 222 g/mol. The molecule has 5 heteroatoms. The summed E-state index contributed by atoms with van der Waals surface area (Å²) in [6.07, 6.45) is 2.28. The third-order valence-corrected chi connectivity index (χ3v) is 3.19. The number of carbonyl (C=O) groups excluding carboxylic acids is 1. The Balaban J connectivity index is 2.02. The Hall–Kier alpha value is -1.49. The molecule has 82 valence electrons. The third-order valence-electron chi connectivity index (χ3n) is 2.84. The van der Waals surface area contributed by atoms with E-state index in [1.807, 2.05) is 18.2 Å². The first-order valence-corrected chi connectivity index (χ1v) is 5.67. The van der Waals surface area contributed by atoms with Gasteiger partial charge in [-0.25, -0.2) is 0 Å². The first-order valence-electron chi connectivity index (χ1n) is 5.15. The van der Waals surface area contributed by atoms with E-state index in [-0.39, 0.29) is 11.2 Å². The van der Waals surface area contributed by atoms with Crippen LogP contribution in [-0.4, -0.2) is 27.9 Å². The number of hydrogen-bond donors (Lipinski definition) is 2. The molecule has 4 nitrogen and oxygen atoms in total. The Labute approximate surface area is 98.0 Å². The zero-order valence-electron chi connectivity index (χ0n) is 8.55. The second-order valence-electron chi connectivity index (χ2n) is 4.00. The summed E-state index contributed by atoms with van der Waals surface area (Å²) >= 11 is 4.34. The number of nitrogens with one attached hydrogen (secondary N) is 1. The molecule has 1 atom stereocenters. The summed E-state index contributed by atoms with van der Waals surface area (Å²) in [5.41, 5.74) is 1.91. The molecule has 0 aliphatic carbocycles. The van der Waals surface area contributed by atoms with E-state index in [1.54, 1.807) is 11.1 Å². The van der Waals surface area contributed by atoms with E-state index in [1.165, 1.54) is 0 Å². The Morgan fingerprint density at radius 1 is 1.50 bits per heavy atom. The quantitative estimate of drug-likeness (QED) is 0.735. The number of amides is 1. The van der Waals surface area contributed by atoms with Gasteiger partial charge in [0.2, 0.25) is 5.91 Å². The average Bonchev–Trinajstić information content (AvgIpc) is 2.83. The molecule has 1 aliphatic rings. The van der Waals surface area contributed by atoms with Crippen LogP contribution in [-0.2, 0) is 4.79 Å². The number of thiol groups is 1. The van der Waals surface area contributed by atoms with Crippen molar-refractivity contribution in [2.75, 3.05) is 11.4 Å². The van der Waals surface area contributed by atoms with Crippen LogP contribution in [0.3, 0.4) is 0 Å². The van der Waals surface area contributed by atoms with Crippen molar-refractivity contribution in [1.29, 1.82) is 0 Å². The molecule has 2 heterocycles. The number of nitrogens with zero attached hydrogens (tertiary/aromatic N) is 2. The fourth-order valence-corrected chi connectivity index (χ4v) is 2.36. The lowest BCUT2D eigenvalue weighted by Crippen LogP contribution is -2.24. The lowest BCUT2D eigenvalue weighted by molar-refractivity contribution is -0.117. The fraction of sp³-hybridized carbons (Fsp3) is 0.273. The van der Waals surface area contributed by atoms with Crippen LogP contribution in [0.1, 0.15) is 6.42 Å². The van der Waals surface area contributed by atoms with Gasteiger partial charge in [-0.1, -0.05) is 0 Å². The molecule has 1 aromatic carbocycles. The molecule has 16 heavy (non-hydrogen) atoms. The molecule has 0 saturated carbocycles. The molecule has 2 aromatic rings. The molecule has 1 saturated heterocycles. The highest BCUT2D eigenvalue weighted by molar-refractivity contribution is 7.81. The largest absolute Gasteiger partial charge is 0.311 e. The maximum atomic E-state index is 11.7. The predicted octanol–water partition coefficient (Wildman–Crippen LogP) is 1.60. The number of fused-ring (bicyclic) bond motifs is 1. The van der Waals surface area contributed by atoms with Gasteiger partial charge in [0, 0.05) is 29.3 Å². The molecular formula is C11H11N3OS. The van der Waals surface area contributed by atoms with Crippen molar-refractivity contribution < 1.29 is 4.79 Å². The Morgan fingerprint density at radius 2 is 2.38 bits per heavy atom. The number of aromatic nitrogens is 2. The lowest BCUT2D eigenvalue weighted by atomic mass is 10.2. The molecule has 1 amide bonds. The van der Waals surface area contributed by atoms with Crippen molar-refractivity contribution in [2.24, 2.45) is 0 Å². The number of H-pyrrole nitrogens is 1. The second-order valence-corrected chi connectivity index (χ2v) is 4.73. The highest BCUT2D eigenvalue weighted by atomic mass is 32.1. The van der Waals surface area contributed by atoms with Gasteiger partial charge in [0.05, 0.1) is 11.7 Å². The van der Waals surface area contributed by atoms with Crippen molar-refractivity contribution in [1.82, 2.24) is 10.2 Å². The van der Waals surface area contributed by atoms with Crippen molar-refractivity contribution in [3.05, 3.63) is 24.4 Å². The van der Waals surface area contributed by atoms with Crippen LogP contribution < -0.4 is 4.90 Å². The normalized spacial score (nSPS) is 20.9. The van der Waals surface area contributed by atoms with Gasteiger partial charge in [-0.15, -0.1) is 0 Å². The summed E-state index contributed by atoms with van der Waals surface area (Å²) in [7, 11) is 0. The van der Waals surface area contributed by atoms with Crippen molar-refractivity contribution in [2.45, 2.75) is 11.7 Å². The van der Waals surface area contributed by atoms with Crippen LogP contribution in [0.4, 0.5) is 5.69 Å². The van der Waals surface area contributed by atoms with Gasteiger partial charge in [-0.3, -0.25) is 9.89 Å². The van der Waals surface area contributed by atoms with Gasteiger partial charge >= 0.3 is 0 Å². The smallest absolute Gasteiger partial charge is 0.228 e. The monoisotopic (exact) mass is 233 g/mol. The molecule has 1 unspecified atom stereocenters. The van der Waals surface area contributed by atoms with Gasteiger partial charge in [0.15, 0.2) is 0 Å². The molecule has 1 N–H and O–H groups in total. The zero-order valence-corrected chi connectivity index (χ0v) is 9.45. The predicted molar refractivity (Wildman–Crippen MR) is 65.8 cm³/mol. The van der Waals surface area contributed by atoms with Crippen LogP contribution >= 0.6 is 12.6 Å². The summed E-state index contributed by atoms with van der Waals surface area (Å²) in [5.74, 6) is 0.142. The molecule has 1 fully saturated rings.